The predicted octanol–water partition coefficient (Wildman–Crippen LogP) is 0.0933. The first kappa shape index (κ1) is 24.0. The summed E-state index contributed by atoms with van der Waals surface area (Å²) in [6.07, 6.45) is 0. The first-order valence-electron chi connectivity index (χ1n) is 8.47. The maximum Gasteiger partial charge on any atom is 0.294 e. The molecule has 1 aromatic heterocycles. The summed E-state index contributed by atoms with van der Waals surface area (Å²) in [5.74, 6) is 0.135. The Hall–Kier alpha value is -2.31. The van der Waals surface area contributed by atoms with Crippen LogP contribution in [0.4, 0.5) is 23.5 Å². The predicted molar refractivity (Wildman–Crippen MR) is 110 cm³/mol. The van der Waals surface area contributed by atoms with Crippen LogP contribution in [0.15, 0.2) is 28.0 Å². The van der Waals surface area contributed by atoms with Gasteiger partial charge in [-0.2, -0.15) is 23.4 Å². The normalized spacial score (nSPS) is 11.4. The molecule has 0 amide bonds. The molecule has 1 heterocycles. The zero-order valence-corrected chi connectivity index (χ0v) is 17.5. The molecule has 0 aliphatic rings. The number of nitrogen functional groups attached to an aromatic ring is 1. The van der Waals surface area contributed by atoms with Crippen molar-refractivity contribution in [3.8, 4) is 0 Å². The van der Waals surface area contributed by atoms with E-state index in [2.05, 4.69) is 45.6 Å². The van der Waals surface area contributed by atoms with Crippen molar-refractivity contribution in [1.29, 1.82) is 0 Å². The lowest BCUT2D eigenvalue weighted by Gasteiger charge is -2.12. The average molecular weight is 463 g/mol. The second kappa shape index (κ2) is 11.8. The molecule has 2 aromatic rings. The van der Waals surface area contributed by atoms with Crippen LogP contribution in [0.25, 0.3) is 0 Å². The average Bonchev–Trinajstić information content (AvgIpc) is 2.68. The number of anilines is 4. The van der Waals surface area contributed by atoms with Gasteiger partial charge in [0, 0.05) is 26.2 Å². The van der Waals surface area contributed by atoms with Crippen molar-refractivity contribution in [3.63, 3.8) is 0 Å². The van der Waals surface area contributed by atoms with Crippen molar-refractivity contribution >= 4 is 45.7 Å². The molecule has 0 atom stereocenters. The van der Waals surface area contributed by atoms with E-state index in [0.717, 1.165) is 25.2 Å². The quantitative estimate of drug-likeness (QED) is 0.0692. The number of aromatic nitrogens is 3. The third-order valence-electron chi connectivity index (χ3n) is 3.44. The molecular formula is C14H22N8O6S2. The van der Waals surface area contributed by atoms with Crippen LogP contribution in [-0.4, -0.2) is 66.4 Å². The van der Waals surface area contributed by atoms with Crippen LogP contribution < -0.4 is 27.0 Å². The minimum atomic E-state index is -4.47. The Morgan fingerprint density at radius 2 is 1.87 bits per heavy atom. The molecule has 8 N–H and O–H groups in total. The summed E-state index contributed by atoms with van der Waals surface area (Å²) in [6.45, 7) is 2.81. The minimum Gasteiger partial charge on any atom is -0.368 e. The van der Waals surface area contributed by atoms with E-state index in [4.69, 9.17) is 11.0 Å². The van der Waals surface area contributed by atoms with Gasteiger partial charge in [-0.25, -0.2) is 5.26 Å². The van der Waals surface area contributed by atoms with Crippen LogP contribution in [0.2, 0.25) is 0 Å². The van der Waals surface area contributed by atoms with Gasteiger partial charge in [-0.3, -0.25) is 4.55 Å². The fraction of sp³-hybridized carbons (Fsp3) is 0.357. The molecule has 166 valence electrons. The summed E-state index contributed by atoms with van der Waals surface area (Å²) in [5, 5.41) is 23.9. The lowest BCUT2D eigenvalue weighted by Crippen LogP contribution is -2.29. The summed E-state index contributed by atoms with van der Waals surface area (Å²) < 4.78 is 36.5. The number of hydrogen-bond donors (Lipinski definition) is 7. The monoisotopic (exact) mass is 462 g/mol. The van der Waals surface area contributed by atoms with Crippen LogP contribution in [0.3, 0.4) is 0 Å². The first-order chi connectivity index (χ1) is 14.3. The van der Waals surface area contributed by atoms with Crippen LogP contribution >= 0.6 is 12.0 Å². The molecule has 14 nitrogen and oxygen atoms in total. The van der Waals surface area contributed by atoms with Gasteiger partial charge in [-0.05, 0) is 25.2 Å². The maximum atomic E-state index is 11.4. The molecule has 0 unspecified atom stereocenters. The van der Waals surface area contributed by atoms with Gasteiger partial charge in [0.2, 0.25) is 17.8 Å². The number of benzene rings is 1. The lowest BCUT2D eigenvalue weighted by atomic mass is 10.3. The Bertz CT molecular complexity index is 933. The first-order valence-corrected chi connectivity index (χ1v) is 10.7. The highest BCUT2D eigenvalue weighted by Gasteiger charge is 2.15. The number of nitrogens with zero attached hydrogens (tertiary/aromatic N) is 3. The van der Waals surface area contributed by atoms with Gasteiger partial charge in [-0.1, -0.05) is 5.04 Å². The zero-order chi connectivity index (χ0) is 22.0. The summed E-state index contributed by atoms with van der Waals surface area (Å²) in [7, 11) is -2.60. The van der Waals surface area contributed by atoms with E-state index >= 15 is 0 Å². The van der Waals surface area contributed by atoms with Crippen molar-refractivity contribution in [2.75, 3.05) is 49.6 Å². The summed E-state index contributed by atoms with van der Waals surface area (Å²) >= 11 is 0.575. The van der Waals surface area contributed by atoms with E-state index in [9.17, 15) is 13.0 Å². The Kier molecular flexibility index (Phi) is 9.40. The molecule has 16 heteroatoms. The van der Waals surface area contributed by atoms with E-state index < -0.39 is 10.1 Å². The molecule has 2 rings (SSSR count). The molecule has 0 bridgehead atoms. The van der Waals surface area contributed by atoms with Gasteiger partial charge in [-0.15, -0.1) is 4.33 Å². The van der Waals surface area contributed by atoms with Gasteiger partial charge < -0.3 is 27.0 Å². The Labute approximate surface area is 176 Å². The van der Waals surface area contributed by atoms with Crippen molar-refractivity contribution in [2.45, 2.75) is 9.79 Å². The second-order valence-corrected chi connectivity index (χ2v) is 7.77. The van der Waals surface area contributed by atoms with E-state index in [1.165, 1.54) is 6.07 Å². The van der Waals surface area contributed by atoms with Gasteiger partial charge in [0.25, 0.3) is 10.1 Å². The van der Waals surface area contributed by atoms with E-state index in [1.54, 1.807) is 0 Å². The summed E-state index contributed by atoms with van der Waals surface area (Å²) in [6, 6.07) is 3.58. The van der Waals surface area contributed by atoms with Gasteiger partial charge in [0.15, 0.2) is 0 Å². The zero-order valence-electron chi connectivity index (χ0n) is 15.8. The van der Waals surface area contributed by atoms with Crippen molar-refractivity contribution < 1.29 is 27.6 Å². The van der Waals surface area contributed by atoms with E-state index in [-0.39, 0.29) is 28.4 Å². The number of rotatable bonds is 13. The molecule has 0 radical (unpaired) electrons. The van der Waals surface area contributed by atoms with Gasteiger partial charge in [0.05, 0.1) is 27.5 Å². The number of likely N-dealkylation sites (N-methyl/N-ethyl adjacent to an activating group) is 1. The minimum absolute atomic E-state index is 0.00685. The highest BCUT2D eigenvalue weighted by atomic mass is 32.2. The van der Waals surface area contributed by atoms with Gasteiger partial charge >= 0.3 is 0 Å². The fourth-order valence-electron chi connectivity index (χ4n) is 2.14. The Balaban J connectivity index is 2.16. The molecule has 1 aromatic carbocycles. The highest BCUT2D eigenvalue weighted by molar-refractivity contribution is 7.94. The standard InChI is InChI=1S/C14H22N8O6S2/c1-16-4-5-17-6-7-18-13-20-12(15)21-14(22-13)19-10-8-9(30(24,25)26)2-3-11(10)29-28-27-23/h2-3,8,16-17,23H,4-7H2,1H3,(H,24,25,26)(H4,15,18,19,20,21,22). The van der Waals surface area contributed by atoms with Crippen molar-refractivity contribution in [1.82, 2.24) is 25.6 Å². The number of nitrogens with two attached hydrogens (primary N) is 1. The lowest BCUT2D eigenvalue weighted by molar-refractivity contribution is -0.432. The molecule has 0 saturated carbocycles. The van der Waals surface area contributed by atoms with Crippen LogP contribution in [0.1, 0.15) is 0 Å². The SMILES string of the molecule is CNCCNCCNc1nc(N)nc(Nc2cc(S(=O)(=O)O)ccc2SOOO)n1. The summed E-state index contributed by atoms with van der Waals surface area (Å²) in [4.78, 5) is 12.0. The molecule has 30 heavy (non-hydrogen) atoms. The smallest absolute Gasteiger partial charge is 0.294 e. The van der Waals surface area contributed by atoms with Crippen LogP contribution in [0.5, 0.6) is 0 Å². The Morgan fingerprint density at radius 3 is 2.57 bits per heavy atom. The largest absolute Gasteiger partial charge is 0.368 e. The maximum absolute atomic E-state index is 11.4. The van der Waals surface area contributed by atoms with Crippen LogP contribution in [0, 0.1) is 0 Å². The fourth-order valence-corrected chi connectivity index (χ4v) is 3.07. The topological polar surface area (TPSA) is 206 Å². The Morgan fingerprint density at radius 1 is 1.13 bits per heavy atom. The number of hydrogen-bond acceptors (Lipinski definition) is 14. The molecule has 0 aliphatic heterocycles. The van der Waals surface area contributed by atoms with Crippen LogP contribution in [-0.2, 0) is 19.5 Å². The molecular weight excluding hydrogens is 440 g/mol. The van der Waals surface area contributed by atoms with Gasteiger partial charge in [0.1, 0.15) is 0 Å². The van der Waals surface area contributed by atoms with Crippen molar-refractivity contribution in [3.05, 3.63) is 18.2 Å². The van der Waals surface area contributed by atoms with E-state index in [0.29, 0.717) is 30.0 Å². The summed E-state index contributed by atoms with van der Waals surface area (Å²) in [5.41, 5.74) is 5.85. The molecule has 0 aliphatic carbocycles. The molecule has 0 spiro atoms. The highest BCUT2D eigenvalue weighted by Crippen LogP contribution is 2.32. The number of nitrogens with one attached hydrogen (secondary N) is 4. The van der Waals surface area contributed by atoms with Crippen molar-refractivity contribution in [2.24, 2.45) is 0 Å². The third-order valence-corrected chi connectivity index (χ3v) is 4.95. The van der Waals surface area contributed by atoms with E-state index in [1.807, 2.05) is 7.05 Å². The second-order valence-electron chi connectivity index (χ2n) is 5.61. The third kappa shape index (κ3) is 7.84. The molecule has 0 fully saturated rings. The molecule has 0 saturated heterocycles.